The first-order chi connectivity index (χ1) is 7.20. The number of hydrogen-bond acceptors (Lipinski definition) is 1. The molecule has 1 fully saturated rings. The van der Waals surface area contributed by atoms with E-state index in [1.807, 2.05) is 0 Å². The smallest absolute Gasteiger partial charge is 0.0365 e. The van der Waals surface area contributed by atoms with E-state index in [0.717, 1.165) is 4.47 Å². The predicted octanol–water partition coefficient (Wildman–Crippen LogP) is 4.37. The van der Waals surface area contributed by atoms with Crippen LogP contribution < -0.4 is 0 Å². The minimum absolute atomic E-state index is 0.575. The lowest BCUT2D eigenvalue weighted by molar-refractivity contribution is 0.187. The molecule has 15 heavy (non-hydrogen) atoms. The van der Waals surface area contributed by atoms with Gasteiger partial charge in [-0.3, -0.25) is 4.90 Å². The molecule has 0 aromatic heterocycles. The summed E-state index contributed by atoms with van der Waals surface area (Å²) in [6.07, 6.45) is 3.94. The van der Waals surface area contributed by atoms with Crippen molar-refractivity contribution in [2.75, 3.05) is 13.6 Å². The number of hydrogen-bond donors (Lipinski definition) is 0. The molecule has 1 heterocycles. The quantitative estimate of drug-likeness (QED) is 0.738. The highest BCUT2D eigenvalue weighted by molar-refractivity contribution is 9.13. The molecular weight excluding hydrogens is 318 g/mol. The average Bonchev–Trinajstić information content (AvgIpc) is 2.23. The molecule has 1 saturated heterocycles. The lowest BCUT2D eigenvalue weighted by Crippen LogP contribution is -2.29. The lowest BCUT2D eigenvalue weighted by Gasteiger charge is -2.33. The van der Waals surface area contributed by atoms with Crippen LogP contribution in [0.15, 0.2) is 27.1 Å². The van der Waals surface area contributed by atoms with Gasteiger partial charge in [0.1, 0.15) is 0 Å². The fourth-order valence-corrected chi connectivity index (χ4v) is 3.16. The Morgan fingerprint density at radius 2 is 2.07 bits per heavy atom. The second-order valence-electron chi connectivity index (χ2n) is 4.14. The predicted molar refractivity (Wildman–Crippen MR) is 71.1 cm³/mol. The van der Waals surface area contributed by atoms with Gasteiger partial charge in [-0.2, -0.15) is 0 Å². The molecule has 1 aliphatic rings. The summed E-state index contributed by atoms with van der Waals surface area (Å²) in [5.74, 6) is 0. The van der Waals surface area contributed by atoms with Gasteiger partial charge in [-0.25, -0.2) is 0 Å². The molecule has 0 N–H and O–H groups in total. The van der Waals surface area contributed by atoms with E-state index in [2.05, 4.69) is 62.0 Å². The van der Waals surface area contributed by atoms with Crippen LogP contribution in [-0.2, 0) is 0 Å². The standard InChI is InChI=1S/C12H15Br2N/c1-15-8-3-2-7-11(15)9-5-4-6-10(13)12(9)14/h4-6,11H,2-3,7-8H2,1H3. The zero-order valence-electron chi connectivity index (χ0n) is 8.84. The summed E-state index contributed by atoms with van der Waals surface area (Å²) >= 11 is 7.24. The van der Waals surface area contributed by atoms with Crippen LogP contribution in [0.1, 0.15) is 30.9 Å². The van der Waals surface area contributed by atoms with E-state index in [-0.39, 0.29) is 0 Å². The van der Waals surface area contributed by atoms with Crippen LogP contribution in [0.5, 0.6) is 0 Å². The van der Waals surface area contributed by atoms with Crippen molar-refractivity contribution in [2.24, 2.45) is 0 Å². The molecule has 1 unspecified atom stereocenters. The minimum atomic E-state index is 0.575. The first-order valence-electron chi connectivity index (χ1n) is 5.34. The zero-order valence-corrected chi connectivity index (χ0v) is 12.0. The van der Waals surface area contributed by atoms with Gasteiger partial charge in [-0.15, -0.1) is 0 Å². The molecule has 1 aromatic rings. The number of likely N-dealkylation sites (tertiary alicyclic amines) is 1. The Balaban J connectivity index is 2.31. The molecule has 1 aromatic carbocycles. The van der Waals surface area contributed by atoms with Crippen LogP contribution in [0, 0.1) is 0 Å². The van der Waals surface area contributed by atoms with Gasteiger partial charge in [0.05, 0.1) is 0 Å². The second-order valence-corrected chi connectivity index (χ2v) is 5.78. The Labute approximate surface area is 108 Å². The highest BCUT2D eigenvalue weighted by Gasteiger charge is 2.22. The second kappa shape index (κ2) is 4.98. The summed E-state index contributed by atoms with van der Waals surface area (Å²) in [4.78, 5) is 2.45. The van der Waals surface area contributed by atoms with E-state index in [4.69, 9.17) is 0 Å². The number of piperidine rings is 1. The summed E-state index contributed by atoms with van der Waals surface area (Å²) in [7, 11) is 2.22. The zero-order chi connectivity index (χ0) is 10.8. The van der Waals surface area contributed by atoms with E-state index in [1.54, 1.807) is 0 Å². The van der Waals surface area contributed by atoms with Gasteiger partial charge < -0.3 is 0 Å². The molecule has 1 aliphatic heterocycles. The summed E-state index contributed by atoms with van der Waals surface area (Å²) in [5, 5.41) is 0. The number of rotatable bonds is 1. The van der Waals surface area contributed by atoms with Gasteiger partial charge in [0.15, 0.2) is 0 Å². The molecule has 3 heteroatoms. The van der Waals surface area contributed by atoms with Gasteiger partial charge >= 0.3 is 0 Å². The fraction of sp³-hybridized carbons (Fsp3) is 0.500. The van der Waals surface area contributed by atoms with Gasteiger partial charge in [0, 0.05) is 15.0 Å². The molecule has 1 nitrogen and oxygen atoms in total. The van der Waals surface area contributed by atoms with Crippen LogP contribution in [0.4, 0.5) is 0 Å². The summed E-state index contributed by atoms with van der Waals surface area (Å²) < 4.78 is 2.36. The molecule has 1 atom stereocenters. The molecule has 82 valence electrons. The van der Waals surface area contributed by atoms with Crippen LogP contribution in [-0.4, -0.2) is 18.5 Å². The molecule has 0 radical (unpaired) electrons. The van der Waals surface area contributed by atoms with Crippen molar-refractivity contribution in [1.29, 1.82) is 0 Å². The van der Waals surface area contributed by atoms with Crippen LogP contribution in [0.2, 0.25) is 0 Å². The average molecular weight is 333 g/mol. The summed E-state index contributed by atoms with van der Waals surface area (Å²) in [6, 6.07) is 7.00. The largest absolute Gasteiger partial charge is 0.299 e. The highest BCUT2D eigenvalue weighted by Crippen LogP contribution is 2.37. The molecule has 0 amide bonds. The normalized spacial score (nSPS) is 23.0. The molecular formula is C12H15Br2N. The molecule has 0 bridgehead atoms. The minimum Gasteiger partial charge on any atom is -0.299 e. The van der Waals surface area contributed by atoms with E-state index < -0.39 is 0 Å². The Morgan fingerprint density at radius 3 is 2.80 bits per heavy atom. The third-order valence-electron chi connectivity index (χ3n) is 3.11. The maximum Gasteiger partial charge on any atom is 0.0365 e. The van der Waals surface area contributed by atoms with Crippen molar-refractivity contribution >= 4 is 31.9 Å². The van der Waals surface area contributed by atoms with Crippen molar-refractivity contribution < 1.29 is 0 Å². The summed E-state index contributed by atoms with van der Waals surface area (Å²) in [6.45, 7) is 1.21. The number of nitrogens with zero attached hydrogens (tertiary/aromatic N) is 1. The van der Waals surface area contributed by atoms with Gasteiger partial charge in [0.25, 0.3) is 0 Å². The van der Waals surface area contributed by atoms with E-state index >= 15 is 0 Å². The molecule has 0 spiro atoms. The van der Waals surface area contributed by atoms with E-state index in [0.29, 0.717) is 6.04 Å². The summed E-state index contributed by atoms with van der Waals surface area (Å²) in [5.41, 5.74) is 1.41. The Hall–Kier alpha value is 0.140. The molecule has 2 rings (SSSR count). The van der Waals surface area contributed by atoms with Crippen LogP contribution in [0.25, 0.3) is 0 Å². The molecule has 0 aliphatic carbocycles. The monoisotopic (exact) mass is 331 g/mol. The van der Waals surface area contributed by atoms with Gasteiger partial charge in [-0.05, 0) is 69.9 Å². The third-order valence-corrected chi connectivity index (χ3v) is 5.19. The first-order valence-corrected chi connectivity index (χ1v) is 6.93. The van der Waals surface area contributed by atoms with Crippen molar-refractivity contribution in [3.63, 3.8) is 0 Å². The Bertz CT molecular complexity index is 351. The van der Waals surface area contributed by atoms with Crippen molar-refractivity contribution in [3.05, 3.63) is 32.7 Å². The number of benzene rings is 1. The van der Waals surface area contributed by atoms with Gasteiger partial charge in [0.2, 0.25) is 0 Å². The van der Waals surface area contributed by atoms with Gasteiger partial charge in [-0.1, -0.05) is 18.6 Å². The SMILES string of the molecule is CN1CCCCC1c1cccc(Br)c1Br. The first kappa shape index (κ1) is 11.6. The third kappa shape index (κ3) is 2.45. The van der Waals surface area contributed by atoms with E-state index in [1.165, 1.54) is 35.8 Å². The maximum atomic E-state index is 3.67. The highest BCUT2D eigenvalue weighted by atomic mass is 79.9. The Morgan fingerprint density at radius 1 is 1.27 bits per heavy atom. The van der Waals surface area contributed by atoms with E-state index in [9.17, 15) is 0 Å². The maximum absolute atomic E-state index is 3.67. The van der Waals surface area contributed by atoms with Crippen LogP contribution in [0.3, 0.4) is 0 Å². The number of halogens is 2. The Kier molecular flexibility index (Phi) is 3.86. The lowest BCUT2D eigenvalue weighted by atomic mass is 9.96. The van der Waals surface area contributed by atoms with Crippen molar-refractivity contribution in [2.45, 2.75) is 25.3 Å². The van der Waals surface area contributed by atoms with Crippen LogP contribution >= 0.6 is 31.9 Å². The van der Waals surface area contributed by atoms with Crippen molar-refractivity contribution in [1.82, 2.24) is 4.90 Å². The molecule has 0 saturated carbocycles. The fourth-order valence-electron chi connectivity index (χ4n) is 2.25. The van der Waals surface area contributed by atoms with Crippen molar-refractivity contribution in [3.8, 4) is 0 Å². The topological polar surface area (TPSA) is 3.24 Å².